The first-order chi connectivity index (χ1) is 7.93. The average Bonchev–Trinajstić information content (AvgIpc) is 2.32. The molecule has 102 valence electrons. The molecule has 2 N–H and O–H groups in total. The predicted octanol–water partition coefficient (Wildman–Crippen LogP) is 2.36. The molecule has 0 bridgehead atoms. The lowest BCUT2D eigenvalue weighted by atomic mass is 9.68. The fourth-order valence-electron chi connectivity index (χ4n) is 2.74. The minimum atomic E-state index is -2.81. The average molecular weight is 261 g/mol. The second-order valence-electron chi connectivity index (χ2n) is 5.73. The third kappa shape index (κ3) is 4.59. The molecule has 0 aromatic carbocycles. The summed E-state index contributed by atoms with van der Waals surface area (Å²) in [6.07, 6.45) is 6.61. The summed E-state index contributed by atoms with van der Waals surface area (Å²) in [7, 11) is -2.81. The standard InChI is InChI=1S/C13H27NO2S/c1-3-17(15,16)10-4-7-13(11-14)8-5-12(2)6-9-13/h12H,3-11,14H2,1-2H3. The molecule has 1 rings (SSSR count). The predicted molar refractivity (Wildman–Crippen MR) is 72.7 cm³/mol. The lowest BCUT2D eigenvalue weighted by Crippen LogP contribution is -2.35. The maximum Gasteiger partial charge on any atom is 0.150 e. The van der Waals surface area contributed by atoms with Crippen molar-refractivity contribution in [2.75, 3.05) is 18.1 Å². The van der Waals surface area contributed by atoms with Crippen molar-refractivity contribution >= 4 is 9.84 Å². The Morgan fingerprint density at radius 2 is 1.88 bits per heavy atom. The molecular weight excluding hydrogens is 234 g/mol. The Balaban J connectivity index is 2.42. The molecule has 0 atom stereocenters. The van der Waals surface area contributed by atoms with E-state index in [0.29, 0.717) is 12.3 Å². The van der Waals surface area contributed by atoms with Crippen molar-refractivity contribution in [3.8, 4) is 0 Å². The van der Waals surface area contributed by atoms with Gasteiger partial charge in [0.2, 0.25) is 0 Å². The van der Waals surface area contributed by atoms with Gasteiger partial charge in [0, 0.05) is 5.75 Å². The van der Waals surface area contributed by atoms with E-state index in [1.165, 1.54) is 25.7 Å². The largest absolute Gasteiger partial charge is 0.330 e. The van der Waals surface area contributed by atoms with E-state index in [-0.39, 0.29) is 11.2 Å². The van der Waals surface area contributed by atoms with Gasteiger partial charge >= 0.3 is 0 Å². The van der Waals surface area contributed by atoms with Crippen LogP contribution in [0.15, 0.2) is 0 Å². The Morgan fingerprint density at radius 3 is 2.35 bits per heavy atom. The van der Waals surface area contributed by atoms with Crippen LogP contribution in [0.3, 0.4) is 0 Å². The molecule has 0 heterocycles. The summed E-state index contributed by atoms with van der Waals surface area (Å²) in [6, 6.07) is 0. The van der Waals surface area contributed by atoms with Crippen LogP contribution in [0.25, 0.3) is 0 Å². The zero-order valence-corrected chi connectivity index (χ0v) is 12.1. The quantitative estimate of drug-likeness (QED) is 0.798. The van der Waals surface area contributed by atoms with Crippen molar-refractivity contribution in [1.82, 2.24) is 0 Å². The maximum atomic E-state index is 11.5. The molecule has 0 radical (unpaired) electrons. The van der Waals surface area contributed by atoms with Crippen molar-refractivity contribution in [1.29, 1.82) is 0 Å². The van der Waals surface area contributed by atoms with E-state index < -0.39 is 9.84 Å². The molecule has 1 aliphatic rings. The molecule has 1 fully saturated rings. The van der Waals surface area contributed by atoms with Crippen molar-refractivity contribution in [3.05, 3.63) is 0 Å². The van der Waals surface area contributed by atoms with Crippen LogP contribution in [-0.2, 0) is 9.84 Å². The van der Waals surface area contributed by atoms with E-state index in [1.807, 2.05) is 0 Å². The Bertz CT molecular complexity index is 316. The fraction of sp³-hybridized carbons (Fsp3) is 1.00. The highest BCUT2D eigenvalue weighted by atomic mass is 32.2. The highest BCUT2D eigenvalue weighted by Gasteiger charge is 2.32. The van der Waals surface area contributed by atoms with Gasteiger partial charge in [-0.15, -0.1) is 0 Å². The molecular formula is C13H27NO2S. The van der Waals surface area contributed by atoms with Crippen LogP contribution in [0, 0.1) is 11.3 Å². The zero-order valence-electron chi connectivity index (χ0n) is 11.2. The first-order valence-corrected chi connectivity index (χ1v) is 8.66. The number of hydrogen-bond donors (Lipinski definition) is 1. The van der Waals surface area contributed by atoms with Gasteiger partial charge < -0.3 is 5.73 Å². The van der Waals surface area contributed by atoms with Crippen molar-refractivity contribution in [2.24, 2.45) is 17.1 Å². The molecule has 0 aromatic rings. The molecule has 0 saturated heterocycles. The molecule has 4 heteroatoms. The van der Waals surface area contributed by atoms with Gasteiger partial charge in [0.1, 0.15) is 9.84 Å². The van der Waals surface area contributed by atoms with Crippen LogP contribution in [0.1, 0.15) is 52.4 Å². The third-order valence-electron chi connectivity index (χ3n) is 4.37. The summed E-state index contributed by atoms with van der Waals surface area (Å²) in [4.78, 5) is 0. The Kier molecular flexibility index (Phi) is 5.45. The van der Waals surface area contributed by atoms with E-state index in [9.17, 15) is 8.42 Å². The topological polar surface area (TPSA) is 60.2 Å². The first kappa shape index (κ1) is 15.0. The van der Waals surface area contributed by atoms with E-state index in [4.69, 9.17) is 5.73 Å². The monoisotopic (exact) mass is 261 g/mol. The molecule has 17 heavy (non-hydrogen) atoms. The van der Waals surface area contributed by atoms with Gasteiger partial charge in [-0.2, -0.15) is 0 Å². The molecule has 0 spiro atoms. The van der Waals surface area contributed by atoms with Crippen LogP contribution in [0.5, 0.6) is 0 Å². The number of sulfone groups is 1. The lowest BCUT2D eigenvalue weighted by Gasteiger charge is -2.38. The normalized spacial score (nSPS) is 30.4. The Labute approximate surface area is 106 Å². The molecule has 0 aromatic heterocycles. The van der Waals surface area contributed by atoms with Crippen molar-refractivity contribution in [2.45, 2.75) is 52.4 Å². The highest BCUT2D eigenvalue weighted by molar-refractivity contribution is 7.91. The van der Waals surface area contributed by atoms with Gasteiger partial charge in [0.25, 0.3) is 0 Å². The highest BCUT2D eigenvalue weighted by Crippen LogP contribution is 2.41. The van der Waals surface area contributed by atoms with Crippen LogP contribution in [0.4, 0.5) is 0 Å². The minimum Gasteiger partial charge on any atom is -0.330 e. The SMILES string of the molecule is CCS(=O)(=O)CCCC1(CN)CCC(C)CC1. The van der Waals surface area contributed by atoms with Gasteiger partial charge in [-0.1, -0.05) is 26.7 Å². The van der Waals surface area contributed by atoms with E-state index >= 15 is 0 Å². The number of rotatable bonds is 6. The van der Waals surface area contributed by atoms with Crippen molar-refractivity contribution in [3.63, 3.8) is 0 Å². The Hall–Kier alpha value is -0.0900. The summed E-state index contributed by atoms with van der Waals surface area (Å²) >= 11 is 0. The summed E-state index contributed by atoms with van der Waals surface area (Å²) < 4.78 is 22.9. The molecule has 1 saturated carbocycles. The van der Waals surface area contributed by atoms with Gasteiger partial charge in [-0.25, -0.2) is 8.42 Å². The van der Waals surface area contributed by atoms with Crippen LogP contribution >= 0.6 is 0 Å². The fourth-order valence-corrected chi connectivity index (χ4v) is 3.61. The maximum absolute atomic E-state index is 11.5. The van der Waals surface area contributed by atoms with Crippen LogP contribution < -0.4 is 5.73 Å². The second kappa shape index (κ2) is 6.19. The van der Waals surface area contributed by atoms with E-state index in [2.05, 4.69) is 6.92 Å². The molecule has 1 aliphatic carbocycles. The molecule has 0 unspecified atom stereocenters. The van der Waals surface area contributed by atoms with Crippen LogP contribution in [-0.4, -0.2) is 26.5 Å². The smallest absolute Gasteiger partial charge is 0.150 e. The van der Waals surface area contributed by atoms with Gasteiger partial charge in [0.15, 0.2) is 0 Å². The number of hydrogen-bond acceptors (Lipinski definition) is 3. The molecule has 3 nitrogen and oxygen atoms in total. The lowest BCUT2D eigenvalue weighted by molar-refractivity contribution is 0.150. The van der Waals surface area contributed by atoms with Crippen molar-refractivity contribution < 1.29 is 8.42 Å². The van der Waals surface area contributed by atoms with E-state index in [0.717, 1.165) is 18.8 Å². The zero-order chi connectivity index (χ0) is 12.9. The van der Waals surface area contributed by atoms with Crippen LogP contribution in [0.2, 0.25) is 0 Å². The Morgan fingerprint density at radius 1 is 1.29 bits per heavy atom. The molecule has 0 aliphatic heterocycles. The van der Waals surface area contributed by atoms with E-state index in [1.54, 1.807) is 6.92 Å². The molecule has 0 amide bonds. The first-order valence-electron chi connectivity index (χ1n) is 6.83. The summed E-state index contributed by atoms with van der Waals surface area (Å²) in [5, 5.41) is 0. The van der Waals surface area contributed by atoms with Gasteiger partial charge in [0.05, 0.1) is 5.75 Å². The second-order valence-corrected chi connectivity index (χ2v) is 8.20. The summed E-state index contributed by atoms with van der Waals surface area (Å²) in [5.41, 5.74) is 6.15. The minimum absolute atomic E-state index is 0.232. The third-order valence-corrected chi connectivity index (χ3v) is 6.16. The summed E-state index contributed by atoms with van der Waals surface area (Å²) in [5.74, 6) is 1.41. The summed E-state index contributed by atoms with van der Waals surface area (Å²) in [6.45, 7) is 4.73. The number of nitrogens with two attached hydrogens (primary N) is 1. The van der Waals surface area contributed by atoms with Gasteiger partial charge in [-0.05, 0) is 43.6 Å². The van der Waals surface area contributed by atoms with Gasteiger partial charge in [-0.3, -0.25) is 0 Å².